The van der Waals surface area contributed by atoms with Crippen LogP contribution in [0, 0.1) is 0 Å². The quantitative estimate of drug-likeness (QED) is 0.638. The standard InChI is InChI=1S/C20H20N4O2/c1-2-16-23-17(14-8-10-15(11-9-14)19(21)25)18(24-16)20(26)22-12-13-6-4-3-5-7-13/h3-11H,2,12H2,1H3,(H2,21,25)(H,22,26)(H,23,24). The molecule has 0 saturated heterocycles. The van der Waals surface area contributed by atoms with E-state index in [0.717, 1.165) is 17.0 Å². The monoisotopic (exact) mass is 348 g/mol. The topological polar surface area (TPSA) is 101 Å². The van der Waals surface area contributed by atoms with E-state index in [1.54, 1.807) is 24.3 Å². The Bertz CT molecular complexity index is 915. The van der Waals surface area contributed by atoms with Gasteiger partial charge in [-0.2, -0.15) is 0 Å². The van der Waals surface area contributed by atoms with E-state index in [1.807, 2.05) is 37.3 Å². The molecule has 0 aliphatic rings. The third-order valence-electron chi connectivity index (χ3n) is 4.05. The van der Waals surface area contributed by atoms with Crippen LogP contribution in [0.15, 0.2) is 54.6 Å². The molecule has 2 aromatic carbocycles. The third kappa shape index (κ3) is 3.80. The number of carbonyl (C=O) groups is 2. The summed E-state index contributed by atoms with van der Waals surface area (Å²) in [5.41, 5.74) is 8.42. The molecular weight excluding hydrogens is 328 g/mol. The molecular formula is C20H20N4O2. The van der Waals surface area contributed by atoms with E-state index in [-0.39, 0.29) is 5.91 Å². The van der Waals surface area contributed by atoms with Crippen LogP contribution in [0.2, 0.25) is 0 Å². The number of aromatic nitrogens is 2. The van der Waals surface area contributed by atoms with Gasteiger partial charge in [0.05, 0.1) is 0 Å². The number of rotatable bonds is 6. The number of hydrogen-bond acceptors (Lipinski definition) is 3. The zero-order valence-corrected chi connectivity index (χ0v) is 14.5. The van der Waals surface area contributed by atoms with Crippen molar-refractivity contribution in [1.82, 2.24) is 15.3 Å². The van der Waals surface area contributed by atoms with E-state index in [1.165, 1.54) is 0 Å². The van der Waals surface area contributed by atoms with Gasteiger partial charge in [0.15, 0.2) is 0 Å². The van der Waals surface area contributed by atoms with Gasteiger partial charge in [-0.15, -0.1) is 0 Å². The van der Waals surface area contributed by atoms with Gasteiger partial charge in [0, 0.05) is 24.1 Å². The maximum absolute atomic E-state index is 12.7. The first-order valence-corrected chi connectivity index (χ1v) is 8.39. The van der Waals surface area contributed by atoms with Crippen LogP contribution < -0.4 is 11.1 Å². The first-order valence-electron chi connectivity index (χ1n) is 8.39. The summed E-state index contributed by atoms with van der Waals surface area (Å²) >= 11 is 0. The first kappa shape index (κ1) is 17.4. The van der Waals surface area contributed by atoms with Crippen LogP contribution in [0.3, 0.4) is 0 Å². The fourth-order valence-corrected chi connectivity index (χ4v) is 2.62. The molecule has 0 bridgehead atoms. The highest BCUT2D eigenvalue weighted by Gasteiger charge is 2.18. The first-order chi connectivity index (χ1) is 12.6. The highest BCUT2D eigenvalue weighted by atomic mass is 16.2. The van der Waals surface area contributed by atoms with Crippen molar-refractivity contribution in [2.45, 2.75) is 19.9 Å². The number of aromatic amines is 1. The van der Waals surface area contributed by atoms with Gasteiger partial charge >= 0.3 is 0 Å². The maximum Gasteiger partial charge on any atom is 0.270 e. The van der Waals surface area contributed by atoms with E-state index in [4.69, 9.17) is 5.73 Å². The van der Waals surface area contributed by atoms with Crippen molar-refractivity contribution in [2.24, 2.45) is 5.73 Å². The summed E-state index contributed by atoms with van der Waals surface area (Å²) in [6, 6.07) is 16.4. The summed E-state index contributed by atoms with van der Waals surface area (Å²) in [7, 11) is 0. The predicted octanol–water partition coefficient (Wildman–Crippen LogP) is 2.67. The number of nitrogens with zero attached hydrogens (tertiary/aromatic N) is 1. The zero-order valence-electron chi connectivity index (χ0n) is 14.5. The largest absolute Gasteiger partial charge is 0.366 e. The number of H-pyrrole nitrogens is 1. The molecule has 0 atom stereocenters. The second-order valence-corrected chi connectivity index (χ2v) is 5.87. The molecule has 0 spiro atoms. The normalized spacial score (nSPS) is 10.5. The summed E-state index contributed by atoms with van der Waals surface area (Å²) in [6.45, 7) is 2.39. The fourth-order valence-electron chi connectivity index (χ4n) is 2.62. The van der Waals surface area contributed by atoms with Gasteiger partial charge in [-0.1, -0.05) is 49.4 Å². The third-order valence-corrected chi connectivity index (χ3v) is 4.05. The number of nitrogens with two attached hydrogens (primary N) is 1. The van der Waals surface area contributed by atoms with Crippen LogP contribution in [-0.4, -0.2) is 21.8 Å². The van der Waals surface area contributed by atoms with Crippen molar-refractivity contribution in [3.8, 4) is 11.3 Å². The van der Waals surface area contributed by atoms with Gasteiger partial charge in [0.2, 0.25) is 5.91 Å². The molecule has 0 aliphatic carbocycles. The van der Waals surface area contributed by atoms with Gasteiger partial charge in [0.25, 0.3) is 5.91 Å². The van der Waals surface area contributed by atoms with Crippen molar-refractivity contribution in [1.29, 1.82) is 0 Å². The van der Waals surface area contributed by atoms with Gasteiger partial charge < -0.3 is 16.0 Å². The van der Waals surface area contributed by atoms with Crippen LogP contribution in [-0.2, 0) is 13.0 Å². The fraction of sp³-hybridized carbons (Fsp3) is 0.150. The Morgan fingerprint density at radius 1 is 1.08 bits per heavy atom. The number of nitrogens with one attached hydrogen (secondary N) is 2. The van der Waals surface area contributed by atoms with Crippen molar-refractivity contribution in [2.75, 3.05) is 0 Å². The van der Waals surface area contributed by atoms with Crippen LogP contribution >= 0.6 is 0 Å². The summed E-state index contributed by atoms with van der Waals surface area (Å²) < 4.78 is 0. The molecule has 6 nitrogen and oxygen atoms in total. The number of primary amides is 1. The number of carbonyl (C=O) groups excluding carboxylic acids is 2. The van der Waals surface area contributed by atoms with Crippen molar-refractivity contribution < 1.29 is 9.59 Å². The lowest BCUT2D eigenvalue weighted by Gasteiger charge is -2.06. The smallest absolute Gasteiger partial charge is 0.270 e. The van der Waals surface area contributed by atoms with E-state index in [9.17, 15) is 9.59 Å². The van der Waals surface area contributed by atoms with E-state index < -0.39 is 5.91 Å². The Morgan fingerprint density at radius 2 is 1.77 bits per heavy atom. The molecule has 1 heterocycles. The molecule has 0 fully saturated rings. The summed E-state index contributed by atoms with van der Waals surface area (Å²) in [5.74, 6) is 0.00697. The van der Waals surface area contributed by atoms with Gasteiger partial charge in [-0.25, -0.2) is 4.98 Å². The molecule has 1 aromatic heterocycles. The molecule has 6 heteroatoms. The molecule has 4 N–H and O–H groups in total. The summed E-state index contributed by atoms with van der Waals surface area (Å²) in [4.78, 5) is 31.5. The van der Waals surface area contributed by atoms with Crippen LogP contribution in [0.1, 0.15) is 39.2 Å². The highest BCUT2D eigenvalue weighted by molar-refractivity contribution is 5.99. The molecule has 132 valence electrons. The number of amides is 2. The average molecular weight is 348 g/mol. The van der Waals surface area contributed by atoms with E-state index in [0.29, 0.717) is 29.9 Å². The molecule has 26 heavy (non-hydrogen) atoms. The number of imidazole rings is 1. The molecule has 3 aromatic rings. The van der Waals surface area contributed by atoms with Crippen LogP contribution in [0.4, 0.5) is 0 Å². The zero-order chi connectivity index (χ0) is 18.5. The molecule has 2 amide bonds. The summed E-state index contributed by atoms with van der Waals surface area (Å²) in [6.07, 6.45) is 0.679. The lowest BCUT2D eigenvalue weighted by Crippen LogP contribution is -2.23. The van der Waals surface area contributed by atoms with Crippen LogP contribution in [0.25, 0.3) is 11.3 Å². The lowest BCUT2D eigenvalue weighted by molar-refractivity contribution is 0.0945. The Labute approximate surface area is 151 Å². The molecule has 0 radical (unpaired) electrons. The average Bonchev–Trinajstić information content (AvgIpc) is 3.11. The molecule has 0 aliphatic heterocycles. The van der Waals surface area contributed by atoms with Crippen molar-refractivity contribution in [3.05, 3.63) is 77.2 Å². The van der Waals surface area contributed by atoms with E-state index >= 15 is 0 Å². The Morgan fingerprint density at radius 3 is 2.38 bits per heavy atom. The maximum atomic E-state index is 12.7. The Balaban J connectivity index is 1.85. The lowest BCUT2D eigenvalue weighted by atomic mass is 10.1. The minimum absolute atomic E-state index is 0.227. The minimum atomic E-state index is -0.492. The van der Waals surface area contributed by atoms with Gasteiger partial charge in [-0.05, 0) is 17.7 Å². The van der Waals surface area contributed by atoms with Gasteiger partial charge in [0.1, 0.15) is 17.2 Å². The van der Waals surface area contributed by atoms with Crippen molar-refractivity contribution >= 4 is 11.8 Å². The highest BCUT2D eigenvalue weighted by Crippen LogP contribution is 2.22. The van der Waals surface area contributed by atoms with E-state index in [2.05, 4.69) is 15.3 Å². The SMILES string of the molecule is CCc1nc(-c2ccc(C(N)=O)cc2)c(C(=O)NCc2ccccc2)[nH]1. The van der Waals surface area contributed by atoms with Crippen molar-refractivity contribution in [3.63, 3.8) is 0 Å². The van der Waals surface area contributed by atoms with Gasteiger partial charge in [-0.3, -0.25) is 9.59 Å². The summed E-state index contributed by atoms with van der Waals surface area (Å²) in [5, 5.41) is 2.91. The number of aryl methyl sites for hydroxylation is 1. The number of benzene rings is 2. The Kier molecular flexibility index (Phi) is 5.12. The van der Waals surface area contributed by atoms with Crippen LogP contribution in [0.5, 0.6) is 0 Å². The Hall–Kier alpha value is -3.41. The minimum Gasteiger partial charge on any atom is -0.366 e. The second kappa shape index (κ2) is 7.65. The molecule has 0 saturated carbocycles. The predicted molar refractivity (Wildman–Crippen MR) is 99.5 cm³/mol. The molecule has 0 unspecified atom stereocenters. The second-order valence-electron chi connectivity index (χ2n) is 5.87. The molecule has 3 rings (SSSR count). The number of hydrogen-bond donors (Lipinski definition) is 3.